The van der Waals surface area contributed by atoms with Gasteiger partial charge < -0.3 is 20.1 Å². The lowest BCUT2D eigenvalue weighted by atomic mass is 9.95. The van der Waals surface area contributed by atoms with E-state index in [1.807, 2.05) is 57.2 Å². The molecule has 0 unspecified atom stereocenters. The molecule has 0 aliphatic heterocycles. The minimum absolute atomic E-state index is 0.0996. The summed E-state index contributed by atoms with van der Waals surface area (Å²) in [4.78, 5) is 25.1. The highest BCUT2D eigenvalue weighted by atomic mass is 16.5. The summed E-state index contributed by atoms with van der Waals surface area (Å²) in [6.45, 7) is 6.18. The number of carbonyl (C=O) groups is 2. The van der Waals surface area contributed by atoms with Gasteiger partial charge in [-0.25, -0.2) is 0 Å². The quantitative estimate of drug-likeness (QED) is 0.469. The van der Waals surface area contributed by atoms with Gasteiger partial charge in [0.05, 0.1) is 5.56 Å². The molecule has 0 aromatic heterocycles. The Kier molecular flexibility index (Phi) is 7.49. The first kappa shape index (κ1) is 22.9. The highest BCUT2D eigenvalue weighted by Gasteiger charge is 2.21. The second-order valence-corrected chi connectivity index (χ2v) is 8.25. The number of ether oxygens (including phenoxy) is 2. The van der Waals surface area contributed by atoms with E-state index < -0.39 is 5.41 Å². The van der Waals surface area contributed by atoms with Crippen LogP contribution in [0.4, 0.5) is 11.4 Å². The molecule has 0 heterocycles. The fraction of sp³-hybridized carbons (Fsp3) is 0.231. The number of amides is 2. The first-order chi connectivity index (χ1) is 15.3. The van der Waals surface area contributed by atoms with E-state index in [9.17, 15) is 9.59 Å². The van der Waals surface area contributed by atoms with Gasteiger partial charge in [-0.1, -0.05) is 57.2 Å². The predicted molar refractivity (Wildman–Crippen MR) is 126 cm³/mol. The van der Waals surface area contributed by atoms with E-state index in [4.69, 9.17) is 9.47 Å². The Bertz CT molecular complexity index is 1060. The number of carbonyl (C=O) groups excluding carboxylic acids is 2. The van der Waals surface area contributed by atoms with E-state index in [-0.39, 0.29) is 11.8 Å². The maximum absolute atomic E-state index is 12.9. The SMILES string of the molecule is CC(C)(C)C(=O)Nc1cccc(NC(=O)c2ccccc2OCCOc2ccccc2)c1. The minimum Gasteiger partial charge on any atom is -0.490 e. The van der Waals surface area contributed by atoms with Gasteiger partial charge in [0.1, 0.15) is 24.7 Å². The maximum Gasteiger partial charge on any atom is 0.259 e. The van der Waals surface area contributed by atoms with Crippen LogP contribution >= 0.6 is 0 Å². The minimum atomic E-state index is -0.514. The molecule has 2 N–H and O–H groups in total. The van der Waals surface area contributed by atoms with Crippen LogP contribution in [0.3, 0.4) is 0 Å². The first-order valence-corrected chi connectivity index (χ1v) is 10.5. The van der Waals surface area contributed by atoms with Gasteiger partial charge in [0, 0.05) is 16.8 Å². The van der Waals surface area contributed by atoms with Crippen molar-refractivity contribution < 1.29 is 19.1 Å². The lowest BCUT2D eigenvalue weighted by Gasteiger charge is -2.18. The molecule has 6 heteroatoms. The summed E-state index contributed by atoms with van der Waals surface area (Å²) in [5, 5.41) is 5.73. The summed E-state index contributed by atoms with van der Waals surface area (Å²) in [6, 6.07) is 23.6. The van der Waals surface area contributed by atoms with E-state index in [2.05, 4.69) is 10.6 Å². The molecule has 3 aromatic carbocycles. The van der Waals surface area contributed by atoms with Gasteiger partial charge in [0.2, 0.25) is 5.91 Å². The molecule has 2 amide bonds. The number of hydrogen-bond acceptors (Lipinski definition) is 4. The van der Waals surface area contributed by atoms with Crippen molar-refractivity contribution in [2.24, 2.45) is 5.41 Å². The topological polar surface area (TPSA) is 76.7 Å². The number of rotatable bonds is 8. The molecule has 0 aliphatic rings. The van der Waals surface area contributed by atoms with Crippen LogP contribution < -0.4 is 20.1 Å². The number of para-hydroxylation sites is 2. The third kappa shape index (κ3) is 6.60. The summed E-state index contributed by atoms with van der Waals surface area (Å²) in [5.41, 5.74) is 1.09. The van der Waals surface area contributed by atoms with Crippen molar-refractivity contribution in [3.63, 3.8) is 0 Å². The van der Waals surface area contributed by atoms with E-state index in [0.717, 1.165) is 5.75 Å². The van der Waals surface area contributed by atoms with E-state index in [0.29, 0.717) is 35.9 Å². The molecule has 166 valence electrons. The number of hydrogen-bond donors (Lipinski definition) is 2. The second-order valence-electron chi connectivity index (χ2n) is 8.25. The molecule has 3 rings (SSSR count). The predicted octanol–water partition coefficient (Wildman–Crippen LogP) is 5.38. The molecule has 0 bridgehead atoms. The average molecular weight is 433 g/mol. The van der Waals surface area contributed by atoms with Gasteiger partial charge in [-0.15, -0.1) is 0 Å². The van der Waals surface area contributed by atoms with Crippen molar-refractivity contribution in [1.29, 1.82) is 0 Å². The zero-order valence-corrected chi connectivity index (χ0v) is 18.6. The molecule has 32 heavy (non-hydrogen) atoms. The number of anilines is 2. The highest BCUT2D eigenvalue weighted by Crippen LogP contribution is 2.23. The molecule has 0 saturated heterocycles. The third-order valence-electron chi connectivity index (χ3n) is 4.54. The lowest BCUT2D eigenvalue weighted by molar-refractivity contribution is -0.123. The first-order valence-electron chi connectivity index (χ1n) is 10.5. The van der Waals surface area contributed by atoms with Gasteiger partial charge >= 0.3 is 0 Å². The Balaban J connectivity index is 1.61. The van der Waals surface area contributed by atoms with E-state index >= 15 is 0 Å². The third-order valence-corrected chi connectivity index (χ3v) is 4.54. The molecule has 0 saturated carbocycles. The molecule has 0 radical (unpaired) electrons. The molecule has 0 fully saturated rings. The molecule has 0 spiro atoms. The normalized spacial score (nSPS) is 10.8. The molecule has 0 aliphatic carbocycles. The summed E-state index contributed by atoms with van der Waals surface area (Å²) >= 11 is 0. The Morgan fingerprint density at radius 2 is 1.38 bits per heavy atom. The van der Waals surface area contributed by atoms with Crippen LogP contribution in [0.25, 0.3) is 0 Å². The standard InChI is InChI=1S/C26H28N2O4/c1-26(2,3)25(30)28-20-11-9-10-19(18-20)27-24(29)22-14-7-8-15-23(22)32-17-16-31-21-12-5-4-6-13-21/h4-15,18H,16-17H2,1-3H3,(H,27,29)(H,28,30). The van der Waals surface area contributed by atoms with Gasteiger partial charge in [0.25, 0.3) is 5.91 Å². The van der Waals surface area contributed by atoms with Crippen LogP contribution in [-0.2, 0) is 4.79 Å². The van der Waals surface area contributed by atoms with Crippen LogP contribution in [0.1, 0.15) is 31.1 Å². The van der Waals surface area contributed by atoms with Crippen molar-refractivity contribution >= 4 is 23.2 Å². The molecular weight excluding hydrogens is 404 g/mol. The van der Waals surface area contributed by atoms with Crippen LogP contribution in [0.2, 0.25) is 0 Å². The smallest absolute Gasteiger partial charge is 0.259 e. The Morgan fingerprint density at radius 3 is 2.09 bits per heavy atom. The second kappa shape index (κ2) is 10.5. The number of nitrogens with one attached hydrogen (secondary N) is 2. The van der Waals surface area contributed by atoms with E-state index in [1.54, 1.807) is 42.5 Å². The summed E-state index contributed by atoms with van der Waals surface area (Å²) in [6.07, 6.45) is 0. The van der Waals surface area contributed by atoms with Gasteiger partial charge in [0.15, 0.2) is 0 Å². The Hall–Kier alpha value is -3.80. The zero-order valence-electron chi connectivity index (χ0n) is 18.6. The van der Waals surface area contributed by atoms with Gasteiger partial charge in [-0.2, -0.15) is 0 Å². The van der Waals surface area contributed by atoms with Crippen LogP contribution in [0.5, 0.6) is 11.5 Å². The van der Waals surface area contributed by atoms with Crippen molar-refractivity contribution in [2.75, 3.05) is 23.8 Å². The lowest BCUT2D eigenvalue weighted by Crippen LogP contribution is -2.27. The molecule has 0 atom stereocenters. The summed E-state index contributed by atoms with van der Waals surface area (Å²) in [7, 11) is 0. The van der Waals surface area contributed by atoms with Crippen molar-refractivity contribution in [2.45, 2.75) is 20.8 Å². The average Bonchev–Trinajstić information content (AvgIpc) is 2.77. The molecular formula is C26H28N2O4. The monoisotopic (exact) mass is 432 g/mol. The fourth-order valence-electron chi connectivity index (χ4n) is 2.80. The largest absolute Gasteiger partial charge is 0.490 e. The highest BCUT2D eigenvalue weighted by molar-refractivity contribution is 6.06. The van der Waals surface area contributed by atoms with Crippen LogP contribution in [-0.4, -0.2) is 25.0 Å². The van der Waals surface area contributed by atoms with Crippen LogP contribution in [0.15, 0.2) is 78.9 Å². The van der Waals surface area contributed by atoms with Gasteiger partial charge in [-0.3, -0.25) is 9.59 Å². The number of benzene rings is 3. The van der Waals surface area contributed by atoms with Gasteiger partial charge in [-0.05, 0) is 42.5 Å². The van der Waals surface area contributed by atoms with Crippen molar-refractivity contribution in [3.8, 4) is 11.5 Å². The summed E-state index contributed by atoms with van der Waals surface area (Å²) in [5.74, 6) is 0.834. The van der Waals surface area contributed by atoms with Crippen molar-refractivity contribution in [1.82, 2.24) is 0 Å². The zero-order chi connectivity index (χ0) is 23.0. The molecule has 3 aromatic rings. The molecule has 6 nitrogen and oxygen atoms in total. The maximum atomic E-state index is 12.9. The Morgan fingerprint density at radius 1 is 0.750 bits per heavy atom. The fourth-order valence-corrected chi connectivity index (χ4v) is 2.80. The summed E-state index contributed by atoms with van der Waals surface area (Å²) < 4.78 is 11.4. The Labute approximate surface area is 188 Å². The van der Waals surface area contributed by atoms with E-state index in [1.165, 1.54) is 0 Å². The van der Waals surface area contributed by atoms with Crippen molar-refractivity contribution in [3.05, 3.63) is 84.4 Å². The van der Waals surface area contributed by atoms with Crippen LogP contribution in [0, 0.1) is 5.41 Å².